The average molecular weight is 236 g/mol. The van der Waals surface area contributed by atoms with Crippen molar-refractivity contribution in [3.63, 3.8) is 0 Å². The SMILES string of the molecule is CNc1ccn(S(=O)(=O)c2ccccc2)c1. The predicted molar refractivity (Wildman–Crippen MR) is 63.0 cm³/mol. The van der Waals surface area contributed by atoms with Gasteiger partial charge < -0.3 is 5.32 Å². The van der Waals surface area contributed by atoms with Crippen molar-refractivity contribution in [2.75, 3.05) is 12.4 Å². The number of benzene rings is 1. The van der Waals surface area contributed by atoms with Gasteiger partial charge in [0, 0.05) is 19.4 Å². The first-order valence-electron chi connectivity index (χ1n) is 4.81. The van der Waals surface area contributed by atoms with Crippen LogP contribution in [0.15, 0.2) is 53.7 Å². The van der Waals surface area contributed by atoms with Crippen molar-refractivity contribution in [1.82, 2.24) is 3.97 Å². The molecule has 84 valence electrons. The lowest BCUT2D eigenvalue weighted by molar-refractivity contribution is 0.587. The van der Waals surface area contributed by atoms with Crippen molar-refractivity contribution >= 4 is 15.7 Å². The molecule has 1 aromatic carbocycles. The Labute approximate surface area is 94.6 Å². The molecule has 1 N–H and O–H groups in total. The normalized spacial score (nSPS) is 11.3. The molecular weight excluding hydrogens is 224 g/mol. The third kappa shape index (κ3) is 1.81. The molecule has 5 heteroatoms. The molecule has 0 radical (unpaired) electrons. The maximum atomic E-state index is 12.1. The highest BCUT2D eigenvalue weighted by Gasteiger charge is 2.15. The van der Waals surface area contributed by atoms with E-state index in [2.05, 4.69) is 5.32 Å². The van der Waals surface area contributed by atoms with Crippen LogP contribution in [0, 0.1) is 0 Å². The van der Waals surface area contributed by atoms with Gasteiger partial charge in [0.2, 0.25) is 0 Å². The van der Waals surface area contributed by atoms with Gasteiger partial charge in [0.25, 0.3) is 10.0 Å². The lowest BCUT2D eigenvalue weighted by Gasteiger charge is -2.04. The average Bonchev–Trinajstić information content (AvgIpc) is 2.79. The van der Waals surface area contributed by atoms with Gasteiger partial charge in [-0.1, -0.05) is 18.2 Å². The molecule has 0 saturated carbocycles. The van der Waals surface area contributed by atoms with Gasteiger partial charge >= 0.3 is 0 Å². The van der Waals surface area contributed by atoms with E-state index in [9.17, 15) is 8.42 Å². The van der Waals surface area contributed by atoms with Crippen LogP contribution in [0.25, 0.3) is 0 Å². The minimum Gasteiger partial charge on any atom is -0.387 e. The second-order valence-corrected chi connectivity index (χ2v) is 5.14. The van der Waals surface area contributed by atoms with Gasteiger partial charge in [0.15, 0.2) is 0 Å². The van der Waals surface area contributed by atoms with Gasteiger partial charge in [-0.25, -0.2) is 12.4 Å². The van der Waals surface area contributed by atoms with Crippen molar-refractivity contribution in [3.05, 3.63) is 48.8 Å². The van der Waals surface area contributed by atoms with Gasteiger partial charge in [-0.05, 0) is 18.2 Å². The zero-order valence-electron chi connectivity index (χ0n) is 8.79. The lowest BCUT2D eigenvalue weighted by atomic mass is 10.4. The Morgan fingerprint density at radius 3 is 2.38 bits per heavy atom. The third-order valence-electron chi connectivity index (χ3n) is 2.27. The van der Waals surface area contributed by atoms with Gasteiger partial charge in [0.1, 0.15) is 0 Å². The van der Waals surface area contributed by atoms with Gasteiger partial charge in [-0.15, -0.1) is 0 Å². The molecule has 0 spiro atoms. The van der Waals surface area contributed by atoms with E-state index >= 15 is 0 Å². The molecule has 1 aromatic heterocycles. The summed E-state index contributed by atoms with van der Waals surface area (Å²) in [7, 11) is -1.71. The summed E-state index contributed by atoms with van der Waals surface area (Å²) < 4.78 is 25.4. The van der Waals surface area contributed by atoms with Gasteiger partial charge in [0.05, 0.1) is 10.6 Å². The van der Waals surface area contributed by atoms with Crippen LogP contribution in [0.3, 0.4) is 0 Å². The summed E-state index contributed by atoms with van der Waals surface area (Å²) in [5, 5.41) is 2.89. The molecule has 2 rings (SSSR count). The van der Waals surface area contributed by atoms with E-state index in [0.29, 0.717) is 0 Å². The highest BCUT2D eigenvalue weighted by molar-refractivity contribution is 7.90. The first-order valence-corrected chi connectivity index (χ1v) is 6.25. The van der Waals surface area contributed by atoms with Crippen LogP contribution < -0.4 is 5.32 Å². The smallest absolute Gasteiger partial charge is 0.267 e. The Kier molecular flexibility index (Phi) is 2.70. The molecule has 16 heavy (non-hydrogen) atoms. The fourth-order valence-corrected chi connectivity index (χ4v) is 2.61. The van der Waals surface area contributed by atoms with Crippen molar-refractivity contribution in [2.24, 2.45) is 0 Å². The number of hydrogen-bond acceptors (Lipinski definition) is 3. The number of anilines is 1. The Balaban J connectivity index is 2.47. The van der Waals surface area contributed by atoms with Crippen LogP contribution in [-0.2, 0) is 10.0 Å². The molecule has 2 aromatic rings. The maximum Gasteiger partial charge on any atom is 0.267 e. The topological polar surface area (TPSA) is 51.1 Å². The van der Waals surface area contributed by atoms with E-state index in [1.165, 1.54) is 10.2 Å². The molecule has 0 atom stereocenters. The number of nitrogens with zero attached hydrogens (tertiary/aromatic N) is 1. The summed E-state index contributed by atoms with van der Waals surface area (Å²) in [6.07, 6.45) is 3.07. The van der Waals surface area contributed by atoms with Crippen molar-refractivity contribution in [1.29, 1.82) is 0 Å². The molecule has 4 nitrogen and oxygen atoms in total. The Morgan fingerprint density at radius 2 is 1.81 bits per heavy atom. The monoisotopic (exact) mass is 236 g/mol. The fraction of sp³-hybridized carbons (Fsp3) is 0.0909. The molecule has 0 fully saturated rings. The van der Waals surface area contributed by atoms with Crippen molar-refractivity contribution in [2.45, 2.75) is 4.90 Å². The van der Waals surface area contributed by atoms with Gasteiger partial charge in [-0.3, -0.25) is 0 Å². The predicted octanol–water partition coefficient (Wildman–Crippen LogP) is 1.77. The van der Waals surface area contributed by atoms with Crippen LogP contribution >= 0.6 is 0 Å². The first-order chi connectivity index (χ1) is 7.64. The molecule has 0 aliphatic heterocycles. The quantitative estimate of drug-likeness (QED) is 0.883. The second-order valence-electron chi connectivity index (χ2n) is 3.30. The third-order valence-corrected chi connectivity index (χ3v) is 3.92. The van der Waals surface area contributed by atoms with Crippen LogP contribution in [0.2, 0.25) is 0 Å². The largest absolute Gasteiger partial charge is 0.387 e. The van der Waals surface area contributed by atoms with E-state index in [4.69, 9.17) is 0 Å². The summed E-state index contributed by atoms with van der Waals surface area (Å²) in [4.78, 5) is 0.285. The zero-order valence-corrected chi connectivity index (χ0v) is 9.61. The molecule has 0 bridgehead atoms. The maximum absolute atomic E-state index is 12.1. The first kappa shape index (κ1) is 10.8. The minimum atomic E-state index is -3.45. The Morgan fingerprint density at radius 1 is 1.12 bits per heavy atom. The number of hydrogen-bond donors (Lipinski definition) is 1. The number of rotatable bonds is 3. The highest BCUT2D eigenvalue weighted by atomic mass is 32.2. The van der Waals surface area contributed by atoms with Gasteiger partial charge in [-0.2, -0.15) is 0 Å². The van der Waals surface area contributed by atoms with Crippen molar-refractivity contribution < 1.29 is 8.42 Å². The highest BCUT2D eigenvalue weighted by Crippen LogP contribution is 2.16. The zero-order chi connectivity index (χ0) is 11.6. The number of nitrogens with one attached hydrogen (secondary N) is 1. The van der Waals surface area contributed by atoms with Crippen LogP contribution in [0.5, 0.6) is 0 Å². The Bertz CT molecular complexity index is 573. The molecule has 0 saturated heterocycles. The summed E-state index contributed by atoms with van der Waals surface area (Å²) >= 11 is 0. The molecule has 1 heterocycles. The minimum absolute atomic E-state index is 0.285. The number of aromatic nitrogens is 1. The molecular formula is C11H12N2O2S. The molecule has 0 amide bonds. The van der Waals surface area contributed by atoms with Crippen LogP contribution in [-0.4, -0.2) is 19.4 Å². The molecule has 0 aliphatic rings. The van der Waals surface area contributed by atoms with Crippen LogP contribution in [0.4, 0.5) is 5.69 Å². The Hall–Kier alpha value is -1.75. The molecule has 0 unspecified atom stereocenters. The summed E-state index contributed by atoms with van der Waals surface area (Å²) in [6.45, 7) is 0. The van der Waals surface area contributed by atoms with E-state index in [1.54, 1.807) is 49.6 Å². The van der Waals surface area contributed by atoms with E-state index < -0.39 is 10.0 Å². The fourth-order valence-electron chi connectivity index (χ4n) is 1.39. The van der Waals surface area contributed by atoms with E-state index in [0.717, 1.165) is 5.69 Å². The second kappa shape index (κ2) is 4.02. The summed E-state index contributed by atoms with van der Waals surface area (Å²) in [6, 6.07) is 10.1. The van der Waals surface area contributed by atoms with Crippen molar-refractivity contribution in [3.8, 4) is 0 Å². The summed E-state index contributed by atoms with van der Waals surface area (Å²) in [5.41, 5.74) is 0.763. The van der Waals surface area contributed by atoms with E-state index in [-0.39, 0.29) is 4.90 Å². The standard InChI is InChI=1S/C11H12N2O2S/c1-12-10-7-8-13(9-10)16(14,15)11-5-3-2-4-6-11/h2-9,12H,1H3. The lowest BCUT2D eigenvalue weighted by Crippen LogP contribution is -2.10. The van der Waals surface area contributed by atoms with Crippen LogP contribution in [0.1, 0.15) is 0 Å². The summed E-state index contributed by atoms with van der Waals surface area (Å²) in [5.74, 6) is 0. The van der Waals surface area contributed by atoms with E-state index in [1.807, 2.05) is 0 Å². The molecule has 0 aliphatic carbocycles.